The van der Waals surface area contributed by atoms with E-state index in [1.165, 1.54) is 77.9 Å². The van der Waals surface area contributed by atoms with Crippen molar-refractivity contribution in [2.24, 2.45) is 16.8 Å². The molecule has 368 valence electrons. The van der Waals surface area contributed by atoms with Crippen LogP contribution in [0.2, 0.25) is 0 Å². The van der Waals surface area contributed by atoms with Crippen molar-refractivity contribution in [2.75, 3.05) is 0 Å². The van der Waals surface area contributed by atoms with Crippen LogP contribution in [0.15, 0.2) is 288 Å². The second-order valence-electron chi connectivity index (χ2n) is 19.9. The fraction of sp³-hybridized carbons (Fsp3) is 0.181. The fourth-order valence-electron chi connectivity index (χ4n) is 11.2. The molecule has 0 spiro atoms. The van der Waals surface area contributed by atoms with E-state index in [-0.39, 0.29) is 23.7 Å². The topological polar surface area (TPSA) is 17.3 Å². The average molecular weight is 963 g/mol. The van der Waals surface area contributed by atoms with E-state index in [9.17, 15) is 0 Å². The van der Waals surface area contributed by atoms with Crippen LogP contribution in [0, 0.1) is 11.8 Å². The highest BCUT2D eigenvalue weighted by Gasteiger charge is 2.46. The molecule has 1 heterocycles. The molecule has 5 aliphatic carbocycles. The van der Waals surface area contributed by atoms with E-state index in [0.29, 0.717) is 0 Å². The maximum absolute atomic E-state index is 5.32. The molecule has 5 aliphatic rings. The van der Waals surface area contributed by atoms with Crippen molar-refractivity contribution >= 4 is 34.5 Å². The van der Waals surface area contributed by atoms with Gasteiger partial charge in [0.1, 0.15) is 0 Å². The highest BCUT2D eigenvalue weighted by Crippen LogP contribution is 2.62. The van der Waals surface area contributed by atoms with Crippen LogP contribution in [0.1, 0.15) is 94.5 Å². The van der Waals surface area contributed by atoms with Gasteiger partial charge in [-0.05, 0) is 115 Å². The molecule has 9 rings (SSSR count). The quantitative estimate of drug-likeness (QED) is 0.0506. The van der Waals surface area contributed by atoms with Crippen molar-refractivity contribution in [3.8, 4) is 11.1 Å². The van der Waals surface area contributed by atoms with Gasteiger partial charge in [-0.2, -0.15) is 0 Å². The smallest absolute Gasteiger partial charge is 0.0619 e. The van der Waals surface area contributed by atoms with Crippen LogP contribution in [0.25, 0.3) is 39.4 Å². The number of rotatable bonds is 19. The molecule has 3 atom stereocenters. The summed E-state index contributed by atoms with van der Waals surface area (Å²) in [5.74, 6) is 0.549. The zero-order chi connectivity index (χ0) is 51.6. The molecule has 0 bridgehead atoms. The summed E-state index contributed by atoms with van der Waals surface area (Å²) in [4.78, 5) is 5.32. The summed E-state index contributed by atoms with van der Waals surface area (Å²) < 4.78 is 2.67. The van der Waals surface area contributed by atoms with Crippen LogP contribution in [-0.4, -0.2) is 10.8 Å². The lowest BCUT2D eigenvalue weighted by atomic mass is 9.80. The van der Waals surface area contributed by atoms with Gasteiger partial charge < -0.3 is 4.57 Å². The number of aliphatic imine (C=N–C) groups is 1. The summed E-state index contributed by atoms with van der Waals surface area (Å²) in [6.07, 6.45) is 58.1. The minimum atomic E-state index is 0.00669. The van der Waals surface area contributed by atoms with Crippen LogP contribution in [-0.2, 0) is 0 Å². The van der Waals surface area contributed by atoms with Crippen LogP contribution < -0.4 is 0 Å². The van der Waals surface area contributed by atoms with E-state index in [2.05, 4.69) is 247 Å². The van der Waals surface area contributed by atoms with Crippen LogP contribution in [0.4, 0.5) is 0 Å². The van der Waals surface area contributed by atoms with Crippen molar-refractivity contribution in [2.45, 2.75) is 72.1 Å². The molecule has 0 radical (unpaired) electrons. The van der Waals surface area contributed by atoms with Crippen molar-refractivity contribution in [3.05, 3.63) is 305 Å². The van der Waals surface area contributed by atoms with E-state index in [4.69, 9.17) is 11.6 Å². The van der Waals surface area contributed by atoms with Gasteiger partial charge in [-0.15, -0.1) is 0 Å². The van der Waals surface area contributed by atoms with Gasteiger partial charge in [-0.1, -0.05) is 257 Å². The standard InChI is InChI=1S/C72H70N2/c1-9-12-15-23-40-58(47-51(5)49-73-70(53(7)33-20-13-10-2)57-38-24-16-17-25-39-57)64(48-55-34-21-18-22-35-55)74-71-61(56-36-26-19-27-37-56)45-44-60(52(6)32-14-11-3)68(71)69-65(59-41-30-31-50(4)46-59)54(8)66(72(69)74)67-62-42-28-29-43-63(62)67/h9-10,12-29,31-32,34-40,42-49,52,57,62,65H,1-2,5,11,30,33,41H2,3-4,6-8H3/b15-12-,20-13+,32-14-,40-23+,58-47-,64-48-,70-53-,73-49+. The van der Waals surface area contributed by atoms with Gasteiger partial charge in [0, 0.05) is 40.5 Å². The molecular weight excluding hydrogens is 893 g/mol. The SMILES string of the molecule is C=C\C=C/C=C/C(=C/C(=C)/C=N/C(=C(/C)C/C=C/C=C)C1C=CC=CC=C1)C(=C/c1ccccc1)/n1c2c(c3c(C(C)/C=C\CC)ccc(-c4ccccc4)c31)C(C1=CC(C)=CCC1)C(C)=C2C1=C2C=CC=CC21. The highest BCUT2D eigenvalue weighted by molar-refractivity contribution is 6.11. The van der Waals surface area contributed by atoms with E-state index in [0.717, 1.165) is 53.8 Å². The molecule has 2 nitrogen and oxygen atoms in total. The van der Waals surface area contributed by atoms with Gasteiger partial charge in [0.2, 0.25) is 0 Å². The van der Waals surface area contributed by atoms with Crippen molar-refractivity contribution in [3.63, 3.8) is 0 Å². The van der Waals surface area contributed by atoms with Gasteiger partial charge >= 0.3 is 0 Å². The third-order valence-electron chi connectivity index (χ3n) is 14.7. The maximum Gasteiger partial charge on any atom is 0.0619 e. The Hall–Kier alpha value is -8.07. The predicted octanol–water partition coefficient (Wildman–Crippen LogP) is 19.5. The van der Waals surface area contributed by atoms with Gasteiger partial charge in [-0.25, -0.2) is 0 Å². The molecule has 2 heteroatoms. The summed E-state index contributed by atoms with van der Waals surface area (Å²) in [6.45, 7) is 24.2. The van der Waals surface area contributed by atoms with Crippen molar-refractivity contribution in [1.82, 2.24) is 4.57 Å². The zero-order valence-electron chi connectivity index (χ0n) is 44.0. The Bertz CT molecular complexity index is 3390. The van der Waals surface area contributed by atoms with E-state index in [1.54, 1.807) is 0 Å². The predicted molar refractivity (Wildman–Crippen MR) is 323 cm³/mol. The number of fused-ring (bicyclic) bond motifs is 4. The second-order valence-corrected chi connectivity index (χ2v) is 19.9. The molecule has 3 unspecified atom stereocenters. The Morgan fingerprint density at radius 1 is 0.838 bits per heavy atom. The van der Waals surface area contributed by atoms with Gasteiger partial charge in [0.15, 0.2) is 0 Å². The Labute approximate surface area is 441 Å². The van der Waals surface area contributed by atoms with Crippen molar-refractivity contribution < 1.29 is 0 Å². The first kappa shape index (κ1) is 50.9. The first-order valence-corrected chi connectivity index (χ1v) is 26.5. The molecule has 0 aliphatic heterocycles. The molecule has 1 aromatic heterocycles. The first-order chi connectivity index (χ1) is 36.2. The Morgan fingerprint density at radius 2 is 1.58 bits per heavy atom. The number of allylic oxidation sites excluding steroid dienone is 32. The Morgan fingerprint density at radius 3 is 2.28 bits per heavy atom. The highest BCUT2D eigenvalue weighted by atomic mass is 15.0. The monoisotopic (exact) mass is 963 g/mol. The van der Waals surface area contributed by atoms with E-state index >= 15 is 0 Å². The molecule has 0 amide bonds. The normalized spacial score (nSPS) is 19.6. The molecule has 3 aromatic carbocycles. The molecule has 0 N–H and O–H groups in total. The number of nitrogens with zero attached hydrogens (tertiary/aromatic N) is 2. The maximum atomic E-state index is 5.32. The lowest BCUT2D eigenvalue weighted by Crippen LogP contribution is -2.06. The Balaban J connectivity index is 1.40. The van der Waals surface area contributed by atoms with Crippen LogP contribution >= 0.6 is 0 Å². The second kappa shape index (κ2) is 23.6. The van der Waals surface area contributed by atoms with E-state index < -0.39 is 0 Å². The fourth-order valence-corrected chi connectivity index (χ4v) is 11.2. The summed E-state index contributed by atoms with van der Waals surface area (Å²) in [5, 5.41) is 1.34. The number of benzene rings is 3. The minimum Gasteiger partial charge on any atom is -0.308 e. The first-order valence-electron chi connectivity index (χ1n) is 26.5. The van der Waals surface area contributed by atoms with Crippen molar-refractivity contribution in [1.29, 1.82) is 0 Å². The molecule has 0 fully saturated rings. The summed E-state index contributed by atoms with van der Waals surface area (Å²) in [6, 6.07) is 26.6. The average Bonchev–Trinajstić information content (AvgIpc) is 4.08. The Kier molecular flexibility index (Phi) is 16.3. The molecular formula is C72H70N2. The summed E-state index contributed by atoms with van der Waals surface area (Å²) in [7, 11) is 0. The lowest BCUT2D eigenvalue weighted by Gasteiger charge is -2.23. The van der Waals surface area contributed by atoms with Crippen LogP contribution in [0.3, 0.4) is 0 Å². The summed E-state index contributed by atoms with van der Waals surface area (Å²) in [5.41, 5.74) is 22.2. The third-order valence-corrected chi connectivity index (χ3v) is 14.7. The number of hydrogen-bond acceptors (Lipinski definition) is 1. The molecule has 4 aromatic rings. The number of hydrogen-bond donors (Lipinski definition) is 0. The van der Waals surface area contributed by atoms with Gasteiger partial charge in [0.25, 0.3) is 0 Å². The zero-order valence-corrected chi connectivity index (χ0v) is 44.0. The largest absolute Gasteiger partial charge is 0.308 e. The van der Waals surface area contributed by atoms with Gasteiger partial charge in [0.05, 0.1) is 22.6 Å². The third kappa shape index (κ3) is 10.8. The van der Waals surface area contributed by atoms with Crippen LogP contribution in [0.5, 0.6) is 0 Å². The minimum absolute atomic E-state index is 0.00669. The van der Waals surface area contributed by atoms with E-state index in [1.807, 2.05) is 30.5 Å². The summed E-state index contributed by atoms with van der Waals surface area (Å²) >= 11 is 0. The molecule has 0 saturated heterocycles. The number of aromatic nitrogens is 1. The molecule has 74 heavy (non-hydrogen) atoms. The lowest BCUT2D eigenvalue weighted by molar-refractivity contribution is 0.825. The molecule has 0 saturated carbocycles. The van der Waals surface area contributed by atoms with Gasteiger partial charge in [-0.3, -0.25) is 4.99 Å².